The van der Waals surface area contributed by atoms with Crippen LogP contribution in [-0.4, -0.2) is 18.7 Å². The molecule has 0 aliphatic heterocycles. The zero-order valence-corrected chi connectivity index (χ0v) is 17.4. The molecule has 0 radical (unpaired) electrons. The number of sulfone groups is 1. The van der Waals surface area contributed by atoms with Gasteiger partial charge < -0.3 is 0 Å². The summed E-state index contributed by atoms with van der Waals surface area (Å²) in [7, 11) is -3.05. The Morgan fingerprint density at radius 2 is 1.69 bits per heavy atom. The molecule has 0 saturated carbocycles. The van der Waals surface area contributed by atoms with Gasteiger partial charge in [0.25, 0.3) is 0 Å². The summed E-state index contributed by atoms with van der Waals surface area (Å²) in [6.07, 6.45) is 1.92. The van der Waals surface area contributed by atoms with Crippen molar-refractivity contribution in [2.24, 2.45) is 0 Å². The highest BCUT2D eigenvalue weighted by Gasteiger charge is 2.16. The van der Waals surface area contributed by atoms with Gasteiger partial charge in [0, 0.05) is 0 Å². The van der Waals surface area contributed by atoms with E-state index in [0.29, 0.717) is 0 Å². The van der Waals surface area contributed by atoms with Gasteiger partial charge in [-0.2, -0.15) is 0 Å². The van der Waals surface area contributed by atoms with Crippen LogP contribution >= 0.6 is 11.3 Å². The molecule has 0 N–H and O–H groups in total. The summed E-state index contributed by atoms with van der Waals surface area (Å²) in [6, 6.07) is 10.2. The second-order valence-electron chi connectivity index (χ2n) is 7.18. The molecule has 0 fully saturated rings. The summed E-state index contributed by atoms with van der Waals surface area (Å²) in [5.41, 5.74) is 9.05. The standard InChI is InChI=1S/C21H25NO2S2/c1-14(2)26(23,24)12-18-7-5-17(6-8-18)9-10-19-11-15(3)20-21(16(19)4)25-13-22-20/h5-8,11,13-14H,9-10,12H2,1-4H3. The molecule has 3 nitrogen and oxygen atoms in total. The zero-order valence-electron chi connectivity index (χ0n) is 15.7. The highest BCUT2D eigenvalue weighted by molar-refractivity contribution is 7.91. The maximum atomic E-state index is 12.0. The minimum Gasteiger partial charge on any atom is -0.244 e. The molecule has 0 unspecified atom stereocenters. The number of hydrogen-bond donors (Lipinski definition) is 0. The number of aromatic nitrogens is 1. The molecule has 0 aliphatic carbocycles. The lowest BCUT2D eigenvalue weighted by Crippen LogP contribution is -2.15. The van der Waals surface area contributed by atoms with Crippen molar-refractivity contribution in [3.05, 3.63) is 63.7 Å². The molecule has 0 bridgehead atoms. The molecule has 0 aliphatic rings. The van der Waals surface area contributed by atoms with Gasteiger partial charge in [-0.1, -0.05) is 30.3 Å². The van der Waals surface area contributed by atoms with E-state index in [-0.39, 0.29) is 11.0 Å². The van der Waals surface area contributed by atoms with Crippen LogP contribution in [0.15, 0.2) is 35.8 Å². The third-order valence-electron chi connectivity index (χ3n) is 4.95. The first-order valence-corrected chi connectivity index (χ1v) is 11.5. The van der Waals surface area contributed by atoms with Crippen LogP contribution in [0.3, 0.4) is 0 Å². The Kier molecular flexibility index (Phi) is 5.49. The summed E-state index contributed by atoms with van der Waals surface area (Å²) >= 11 is 1.71. The molecule has 0 atom stereocenters. The van der Waals surface area contributed by atoms with Gasteiger partial charge in [0.15, 0.2) is 9.84 Å². The quantitative estimate of drug-likeness (QED) is 0.596. The second kappa shape index (κ2) is 7.49. The molecule has 2 aromatic carbocycles. The van der Waals surface area contributed by atoms with E-state index in [1.165, 1.54) is 27.0 Å². The molecular weight excluding hydrogens is 362 g/mol. The van der Waals surface area contributed by atoms with Crippen molar-refractivity contribution in [1.82, 2.24) is 4.98 Å². The molecule has 3 aromatic rings. The lowest BCUT2D eigenvalue weighted by molar-refractivity contribution is 0.586. The van der Waals surface area contributed by atoms with E-state index in [1.807, 2.05) is 17.6 Å². The summed E-state index contributed by atoms with van der Waals surface area (Å²) < 4.78 is 25.4. The average molecular weight is 388 g/mol. The highest BCUT2D eigenvalue weighted by Crippen LogP contribution is 2.28. The number of hydrogen-bond acceptors (Lipinski definition) is 4. The van der Waals surface area contributed by atoms with Crippen molar-refractivity contribution in [1.29, 1.82) is 0 Å². The minimum absolute atomic E-state index is 0.116. The Bertz CT molecular complexity index is 1020. The topological polar surface area (TPSA) is 47.0 Å². The van der Waals surface area contributed by atoms with E-state index in [9.17, 15) is 8.42 Å². The minimum atomic E-state index is -3.05. The van der Waals surface area contributed by atoms with Crippen molar-refractivity contribution in [3.63, 3.8) is 0 Å². The third kappa shape index (κ3) is 3.99. The predicted octanol–water partition coefficient (Wildman–Crippen LogP) is 5.02. The van der Waals surface area contributed by atoms with Crippen molar-refractivity contribution < 1.29 is 8.42 Å². The molecule has 3 rings (SSSR count). The first-order valence-electron chi connectivity index (χ1n) is 8.89. The van der Waals surface area contributed by atoms with E-state index in [2.05, 4.69) is 37.0 Å². The number of benzene rings is 2. The molecule has 1 aromatic heterocycles. The number of thiazole rings is 1. The van der Waals surface area contributed by atoms with E-state index in [4.69, 9.17) is 0 Å². The van der Waals surface area contributed by atoms with Gasteiger partial charge in [-0.3, -0.25) is 0 Å². The SMILES string of the molecule is Cc1cc(CCc2ccc(CS(=O)(=O)C(C)C)cc2)c(C)c2scnc12. The largest absolute Gasteiger partial charge is 0.244 e. The first-order chi connectivity index (χ1) is 12.3. The maximum Gasteiger partial charge on any atom is 0.156 e. The van der Waals surface area contributed by atoms with Crippen LogP contribution in [-0.2, 0) is 28.4 Å². The molecule has 26 heavy (non-hydrogen) atoms. The van der Waals surface area contributed by atoms with Crippen LogP contribution in [0.5, 0.6) is 0 Å². The maximum absolute atomic E-state index is 12.0. The van der Waals surface area contributed by atoms with Crippen LogP contribution in [0.2, 0.25) is 0 Å². The Labute approximate surface area is 160 Å². The number of nitrogens with zero attached hydrogens (tertiary/aromatic N) is 1. The van der Waals surface area contributed by atoms with Crippen molar-refractivity contribution >= 4 is 31.4 Å². The fourth-order valence-electron chi connectivity index (χ4n) is 3.12. The third-order valence-corrected chi connectivity index (χ3v) is 8.06. The molecule has 0 saturated heterocycles. The van der Waals surface area contributed by atoms with Crippen molar-refractivity contribution in [2.75, 3.05) is 0 Å². The summed E-state index contributed by atoms with van der Waals surface area (Å²) in [6.45, 7) is 7.76. The van der Waals surface area contributed by atoms with E-state index >= 15 is 0 Å². The van der Waals surface area contributed by atoms with Crippen LogP contribution < -0.4 is 0 Å². The number of aryl methyl sites for hydroxylation is 4. The van der Waals surface area contributed by atoms with E-state index < -0.39 is 9.84 Å². The molecule has 5 heteroatoms. The lowest BCUT2D eigenvalue weighted by atomic mass is 9.97. The normalized spacial score (nSPS) is 12.2. The monoisotopic (exact) mass is 387 g/mol. The highest BCUT2D eigenvalue weighted by atomic mass is 32.2. The second-order valence-corrected chi connectivity index (χ2v) is 10.6. The molecular formula is C21H25NO2S2. The van der Waals surface area contributed by atoms with Crippen molar-refractivity contribution in [2.45, 2.75) is 51.5 Å². The summed E-state index contributed by atoms with van der Waals surface area (Å²) in [4.78, 5) is 4.46. The summed E-state index contributed by atoms with van der Waals surface area (Å²) in [5, 5.41) is -0.338. The number of fused-ring (bicyclic) bond motifs is 1. The Morgan fingerprint density at radius 1 is 1.04 bits per heavy atom. The molecule has 0 amide bonds. The van der Waals surface area contributed by atoms with Crippen LogP contribution in [0, 0.1) is 13.8 Å². The average Bonchev–Trinajstić information content (AvgIpc) is 3.08. The van der Waals surface area contributed by atoms with E-state index in [1.54, 1.807) is 25.2 Å². The predicted molar refractivity (Wildman–Crippen MR) is 111 cm³/mol. The molecule has 138 valence electrons. The fraction of sp³-hybridized carbons (Fsp3) is 0.381. The Balaban J connectivity index is 1.72. The smallest absolute Gasteiger partial charge is 0.156 e. The zero-order chi connectivity index (χ0) is 18.9. The van der Waals surface area contributed by atoms with Crippen LogP contribution in [0.4, 0.5) is 0 Å². The summed E-state index contributed by atoms with van der Waals surface area (Å²) in [5.74, 6) is 0.116. The first kappa shape index (κ1) is 19.1. The molecule has 0 spiro atoms. The number of rotatable bonds is 6. The van der Waals surface area contributed by atoms with Gasteiger partial charge in [-0.25, -0.2) is 13.4 Å². The molecule has 1 heterocycles. The van der Waals surface area contributed by atoms with E-state index in [0.717, 1.165) is 23.9 Å². The van der Waals surface area contributed by atoms with Gasteiger partial charge in [-0.15, -0.1) is 11.3 Å². The van der Waals surface area contributed by atoms with Gasteiger partial charge in [0.05, 0.1) is 26.7 Å². The van der Waals surface area contributed by atoms with Crippen molar-refractivity contribution in [3.8, 4) is 0 Å². The van der Waals surface area contributed by atoms with Gasteiger partial charge >= 0.3 is 0 Å². The van der Waals surface area contributed by atoms with Gasteiger partial charge in [0.2, 0.25) is 0 Å². The Morgan fingerprint density at radius 3 is 2.35 bits per heavy atom. The van der Waals surface area contributed by atoms with Crippen LogP contribution in [0.25, 0.3) is 10.2 Å². The van der Waals surface area contributed by atoms with Gasteiger partial charge in [-0.05, 0) is 68.4 Å². The Hall–Kier alpha value is -1.72. The lowest BCUT2D eigenvalue weighted by Gasteiger charge is -2.10. The van der Waals surface area contributed by atoms with Crippen LogP contribution in [0.1, 0.15) is 41.7 Å². The van der Waals surface area contributed by atoms with Gasteiger partial charge in [0.1, 0.15) is 0 Å². The fourth-order valence-corrected chi connectivity index (χ4v) is 5.00.